The molecule has 2 N–H and O–H groups in total. The highest BCUT2D eigenvalue weighted by atomic mass is 16.1. The van der Waals surface area contributed by atoms with E-state index in [-0.39, 0.29) is 5.91 Å². The smallest absolute Gasteiger partial charge is 0.251 e. The Balaban J connectivity index is 2.65. The summed E-state index contributed by atoms with van der Waals surface area (Å²) in [6.45, 7) is 5.83. The van der Waals surface area contributed by atoms with Gasteiger partial charge in [0.25, 0.3) is 5.91 Å². The quantitative estimate of drug-likeness (QED) is 0.740. The van der Waals surface area contributed by atoms with Crippen LogP contribution in [0, 0.1) is 0 Å². The number of rotatable bonds is 6. The normalized spacial score (nSPS) is 11.6. The molecule has 1 atom stereocenters. The van der Waals surface area contributed by atoms with E-state index in [1.165, 1.54) is 0 Å². The molecule has 0 fully saturated rings. The highest BCUT2D eigenvalue weighted by Crippen LogP contribution is 2.13. The molecule has 1 rings (SSSR count). The Bertz CT molecular complexity index is 388. The van der Waals surface area contributed by atoms with Crippen LogP contribution in [-0.4, -0.2) is 19.0 Å². The lowest BCUT2D eigenvalue weighted by atomic mass is 10.1. The van der Waals surface area contributed by atoms with Gasteiger partial charge in [-0.3, -0.25) is 4.79 Å². The van der Waals surface area contributed by atoms with E-state index in [9.17, 15) is 4.79 Å². The van der Waals surface area contributed by atoms with Crippen LogP contribution in [0.2, 0.25) is 0 Å². The number of amides is 1. The van der Waals surface area contributed by atoms with Gasteiger partial charge in [0.2, 0.25) is 0 Å². The molecule has 0 spiro atoms. The lowest BCUT2D eigenvalue weighted by Crippen LogP contribution is -2.19. The fourth-order valence-corrected chi connectivity index (χ4v) is 1.62. The van der Waals surface area contributed by atoms with E-state index in [4.69, 9.17) is 0 Å². The van der Waals surface area contributed by atoms with Crippen LogP contribution in [0.15, 0.2) is 36.9 Å². The van der Waals surface area contributed by atoms with E-state index in [2.05, 4.69) is 24.1 Å². The summed E-state index contributed by atoms with van der Waals surface area (Å²) >= 11 is 0. The molecule has 0 saturated carbocycles. The van der Waals surface area contributed by atoms with Crippen molar-refractivity contribution in [2.24, 2.45) is 0 Å². The number of benzene rings is 1. The molecular weight excluding hydrogens is 212 g/mol. The molecule has 0 aromatic heterocycles. The van der Waals surface area contributed by atoms with Crippen molar-refractivity contribution in [3.63, 3.8) is 0 Å². The number of carbonyl (C=O) groups excluding carboxylic acids is 1. The third-order valence-electron chi connectivity index (χ3n) is 2.57. The van der Waals surface area contributed by atoms with Crippen LogP contribution in [0.25, 0.3) is 0 Å². The summed E-state index contributed by atoms with van der Waals surface area (Å²) < 4.78 is 0. The molecule has 3 nitrogen and oxygen atoms in total. The van der Waals surface area contributed by atoms with E-state index < -0.39 is 0 Å². The van der Waals surface area contributed by atoms with Crippen LogP contribution >= 0.6 is 0 Å². The van der Waals surface area contributed by atoms with E-state index in [1.54, 1.807) is 13.1 Å². The van der Waals surface area contributed by atoms with Gasteiger partial charge in [0.1, 0.15) is 0 Å². The zero-order valence-electron chi connectivity index (χ0n) is 10.5. The fraction of sp³-hybridized carbons (Fsp3) is 0.357. The summed E-state index contributed by atoms with van der Waals surface area (Å²) in [6, 6.07) is 7.89. The van der Waals surface area contributed by atoms with Gasteiger partial charge in [-0.2, -0.15) is 0 Å². The maximum Gasteiger partial charge on any atom is 0.251 e. The predicted octanol–water partition coefficient (Wildman–Crippen LogP) is 2.81. The third-order valence-corrected chi connectivity index (χ3v) is 2.57. The second-order valence-corrected chi connectivity index (χ2v) is 4.07. The molecule has 0 radical (unpaired) electrons. The number of nitrogens with one attached hydrogen (secondary N) is 2. The van der Waals surface area contributed by atoms with Crippen molar-refractivity contribution in [1.82, 2.24) is 5.32 Å². The summed E-state index contributed by atoms with van der Waals surface area (Å²) in [6.07, 6.45) is 3.94. The number of hydrogen-bond acceptors (Lipinski definition) is 2. The van der Waals surface area contributed by atoms with E-state index >= 15 is 0 Å². The first kappa shape index (κ1) is 13.3. The van der Waals surface area contributed by atoms with Gasteiger partial charge in [0, 0.05) is 24.3 Å². The number of anilines is 1. The molecule has 17 heavy (non-hydrogen) atoms. The maximum absolute atomic E-state index is 11.5. The monoisotopic (exact) mass is 232 g/mol. The Morgan fingerprint density at radius 1 is 1.53 bits per heavy atom. The average molecular weight is 232 g/mol. The van der Waals surface area contributed by atoms with Gasteiger partial charge < -0.3 is 10.6 Å². The molecule has 92 valence electrons. The second-order valence-electron chi connectivity index (χ2n) is 4.07. The van der Waals surface area contributed by atoms with Crippen LogP contribution in [0.5, 0.6) is 0 Å². The van der Waals surface area contributed by atoms with Gasteiger partial charge in [-0.05, 0) is 38.0 Å². The fourth-order valence-electron chi connectivity index (χ4n) is 1.62. The Kier molecular flexibility index (Phi) is 5.27. The summed E-state index contributed by atoms with van der Waals surface area (Å²) in [5.41, 5.74) is 1.65. The van der Waals surface area contributed by atoms with Gasteiger partial charge >= 0.3 is 0 Å². The Hall–Kier alpha value is -1.77. The minimum atomic E-state index is -0.0626. The van der Waals surface area contributed by atoms with Crippen molar-refractivity contribution in [3.05, 3.63) is 42.5 Å². The molecule has 1 aromatic carbocycles. The number of carbonyl (C=O) groups is 1. The molecule has 0 aliphatic carbocycles. The third kappa shape index (κ3) is 4.31. The first-order valence-electron chi connectivity index (χ1n) is 5.87. The average Bonchev–Trinajstić information content (AvgIpc) is 2.35. The number of hydrogen-bond donors (Lipinski definition) is 2. The largest absolute Gasteiger partial charge is 0.383 e. The second kappa shape index (κ2) is 6.74. The predicted molar refractivity (Wildman–Crippen MR) is 72.3 cm³/mol. The molecule has 0 heterocycles. The van der Waals surface area contributed by atoms with Gasteiger partial charge in [-0.15, -0.1) is 6.58 Å². The van der Waals surface area contributed by atoms with Crippen molar-refractivity contribution >= 4 is 11.6 Å². The van der Waals surface area contributed by atoms with Gasteiger partial charge in [0.05, 0.1) is 0 Å². The minimum Gasteiger partial charge on any atom is -0.383 e. The van der Waals surface area contributed by atoms with Crippen molar-refractivity contribution in [2.75, 3.05) is 12.4 Å². The Morgan fingerprint density at radius 2 is 2.29 bits per heavy atom. The molecule has 0 bridgehead atoms. The Labute approximate surface area is 103 Å². The van der Waals surface area contributed by atoms with Gasteiger partial charge in [-0.1, -0.05) is 12.1 Å². The highest BCUT2D eigenvalue weighted by Gasteiger charge is 2.05. The summed E-state index contributed by atoms with van der Waals surface area (Å²) in [5.74, 6) is -0.0626. The lowest BCUT2D eigenvalue weighted by Gasteiger charge is -2.14. The standard InChI is InChI=1S/C14H20N2O/c1-4-5-7-11(2)16-13-9-6-8-12(10-13)14(17)15-3/h4,6,8-11,16H,1,5,7H2,2-3H3,(H,15,17). The molecule has 1 aromatic rings. The highest BCUT2D eigenvalue weighted by molar-refractivity contribution is 5.94. The first-order valence-corrected chi connectivity index (χ1v) is 5.87. The zero-order chi connectivity index (χ0) is 12.7. The molecule has 3 heteroatoms. The van der Waals surface area contributed by atoms with Crippen molar-refractivity contribution in [3.8, 4) is 0 Å². The van der Waals surface area contributed by atoms with E-state index in [0.29, 0.717) is 11.6 Å². The molecule has 0 saturated heterocycles. The summed E-state index contributed by atoms with van der Waals surface area (Å²) in [4.78, 5) is 11.5. The topological polar surface area (TPSA) is 41.1 Å². The van der Waals surface area contributed by atoms with Crippen LogP contribution in [0.1, 0.15) is 30.1 Å². The lowest BCUT2D eigenvalue weighted by molar-refractivity contribution is 0.0963. The number of allylic oxidation sites excluding steroid dienone is 1. The molecule has 1 amide bonds. The molecule has 0 aliphatic rings. The first-order chi connectivity index (χ1) is 8.17. The molecule has 0 aliphatic heterocycles. The Morgan fingerprint density at radius 3 is 2.94 bits per heavy atom. The van der Waals surface area contributed by atoms with Crippen LogP contribution in [0.3, 0.4) is 0 Å². The van der Waals surface area contributed by atoms with Gasteiger partial charge in [-0.25, -0.2) is 0 Å². The zero-order valence-corrected chi connectivity index (χ0v) is 10.5. The van der Waals surface area contributed by atoms with Crippen molar-refractivity contribution < 1.29 is 4.79 Å². The maximum atomic E-state index is 11.5. The van der Waals surface area contributed by atoms with E-state index in [1.807, 2.05) is 24.3 Å². The van der Waals surface area contributed by atoms with Crippen LogP contribution < -0.4 is 10.6 Å². The summed E-state index contributed by atoms with van der Waals surface area (Å²) in [5, 5.41) is 5.98. The van der Waals surface area contributed by atoms with Crippen molar-refractivity contribution in [2.45, 2.75) is 25.8 Å². The van der Waals surface area contributed by atoms with E-state index in [0.717, 1.165) is 18.5 Å². The molecular formula is C14H20N2O. The van der Waals surface area contributed by atoms with Gasteiger partial charge in [0.15, 0.2) is 0 Å². The molecule has 1 unspecified atom stereocenters. The summed E-state index contributed by atoms with van der Waals surface area (Å²) in [7, 11) is 1.63. The SMILES string of the molecule is C=CCCC(C)Nc1cccc(C(=O)NC)c1. The van der Waals surface area contributed by atoms with Crippen molar-refractivity contribution in [1.29, 1.82) is 0 Å². The van der Waals surface area contributed by atoms with Crippen LogP contribution in [-0.2, 0) is 0 Å². The van der Waals surface area contributed by atoms with Crippen LogP contribution in [0.4, 0.5) is 5.69 Å². The minimum absolute atomic E-state index is 0.0626.